The minimum Gasteiger partial charge on any atom is -0.454 e. The molecule has 1 aromatic carbocycles. The van der Waals surface area contributed by atoms with Crippen molar-refractivity contribution in [1.29, 1.82) is 0 Å². The van der Waals surface area contributed by atoms with E-state index in [1.165, 1.54) is 5.56 Å². The Morgan fingerprint density at radius 1 is 1.23 bits per heavy atom. The minimum atomic E-state index is 0.294. The molecule has 1 aliphatic rings. The zero-order chi connectivity index (χ0) is 14.9. The summed E-state index contributed by atoms with van der Waals surface area (Å²) in [5, 5.41) is 4.45. The maximum Gasteiger partial charge on any atom is 0.231 e. The van der Waals surface area contributed by atoms with Crippen LogP contribution in [0.15, 0.2) is 30.7 Å². The van der Waals surface area contributed by atoms with Gasteiger partial charge in [0.05, 0.1) is 5.39 Å². The van der Waals surface area contributed by atoms with Gasteiger partial charge in [-0.25, -0.2) is 9.97 Å². The van der Waals surface area contributed by atoms with Crippen molar-refractivity contribution in [2.45, 2.75) is 19.9 Å². The summed E-state index contributed by atoms with van der Waals surface area (Å²) in [6.45, 7) is 3.08. The number of nitrogens with one attached hydrogen (secondary N) is 2. The Labute approximate surface area is 127 Å². The van der Waals surface area contributed by atoms with Gasteiger partial charge in [0.2, 0.25) is 6.79 Å². The van der Waals surface area contributed by atoms with Crippen molar-refractivity contribution < 1.29 is 9.47 Å². The topological polar surface area (TPSA) is 72.1 Å². The van der Waals surface area contributed by atoms with E-state index in [0.717, 1.165) is 40.3 Å². The normalized spacial score (nSPS) is 12.8. The van der Waals surface area contributed by atoms with Gasteiger partial charge in [-0.3, -0.25) is 0 Å². The number of anilines is 1. The fraction of sp³-hybridized carbons (Fsp3) is 0.250. The molecule has 3 heterocycles. The minimum absolute atomic E-state index is 0.294. The van der Waals surface area contributed by atoms with Crippen molar-refractivity contribution in [2.24, 2.45) is 0 Å². The van der Waals surface area contributed by atoms with Crippen LogP contribution < -0.4 is 14.8 Å². The zero-order valence-electron chi connectivity index (χ0n) is 12.2. The Morgan fingerprint density at radius 3 is 3.05 bits per heavy atom. The highest BCUT2D eigenvalue weighted by atomic mass is 16.7. The van der Waals surface area contributed by atoms with E-state index in [2.05, 4.69) is 27.2 Å². The molecule has 1 aliphatic heterocycles. The molecule has 112 valence electrons. The molecule has 2 N–H and O–H groups in total. The molecule has 22 heavy (non-hydrogen) atoms. The van der Waals surface area contributed by atoms with Gasteiger partial charge >= 0.3 is 0 Å². The summed E-state index contributed by atoms with van der Waals surface area (Å²) in [5.41, 5.74) is 3.19. The first-order valence-corrected chi connectivity index (χ1v) is 7.28. The number of aryl methyl sites for hydroxylation is 1. The van der Waals surface area contributed by atoms with Crippen LogP contribution >= 0.6 is 0 Å². The van der Waals surface area contributed by atoms with E-state index in [-0.39, 0.29) is 0 Å². The van der Waals surface area contributed by atoms with E-state index in [0.29, 0.717) is 13.3 Å². The number of hydrogen-bond donors (Lipinski definition) is 2. The Kier molecular flexibility index (Phi) is 3.07. The van der Waals surface area contributed by atoms with E-state index in [1.807, 2.05) is 24.4 Å². The van der Waals surface area contributed by atoms with Crippen LogP contribution in [0.2, 0.25) is 0 Å². The quantitative estimate of drug-likeness (QED) is 0.774. The Morgan fingerprint density at radius 2 is 2.14 bits per heavy atom. The number of H-pyrrole nitrogens is 1. The Hall–Kier alpha value is -2.76. The highest BCUT2D eigenvalue weighted by molar-refractivity contribution is 5.90. The van der Waals surface area contributed by atoms with Crippen LogP contribution in [0.4, 0.5) is 5.82 Å². The second-order valence-electron chi connectivity index (χ2n) is 5.15. The lowest BCUT2D eigenvalue weighted by atomic mass is 10.1. The van der Waals surface area contributed by atoms with E-state index in [4.69, 9.17) is 9.47 Å². The summed E-state index contributed by atoms with van der Waals surface area (Å²) < 4.78 is 10.7. The molecule has 0 radical (unpaired) electrons. The monoisotopic (exact) mass is 296 g/mol. The molecular weight excluding hydrogens is 280 g/mol. The lowest BCUT2D eigenvalue weighted by molar-refractivity contribution is 0.174. The lowest BCUT2D eigenvalue weighted by Gasteiger charge is -2.08. The fourth-order valence-corrected chi connectivity index (χ4v) is 2.68. The number of aromatic amines is 1. The first-order valence-electron chi connectivity index (χ1n) is 7.28. The number of aromatic nitrogens is 3. The third-order valence-electron chi connectivity index (χ3n) is 3.83. The Bertz CT molecular complexity index is 828. The van der Waals surface area contributed by atoms with Crippen LogP contribution in [0.1, 0.15) is 18.1 Å². The standard InChI is InChI=1S/C16H16N4O2/c1-2-11-7-18-16-14(11)15(19-8-20-16)17-6-10-3-4-12-13(5-10)22-9-21-12/h3-5,7-8H,2,6,9H2,1H3,(H2,17,18,19,20). The van der Waals surface area contributed by atoms with Crippen LogP contribution in [-0.4, -0.2) is 21.7 Å². The van der Waals surface area contributed by atoms with Crippen molar-refractivity contribution in [3.8, 4) is 11.5 Å². The maximum atomic E-state index is 5.40. The van der Waals surface area contributed by atoms with Gasteiger partial charge in [0.15, 0.2) is 11.5 Å². The van der Waals surface area contributed by atoms with Crippen molar-refractivity contribution >= 4 is 16.9 Å². The van der Waals surface area contributed by atoms with Crippen molar-refractivity contribution in [3.05, 3.63) is 41.9 Å². The lowest BCUT2D eigenvalue weighted by Crippen LogP contribution is -2.02. The third kappa shape index (κ3) is 2.13. The number of ether oxygens (including phenoxy) is 2. The number of rotatable bonds is 4. The van der Waals surface area contributed by atoms with E-state index in [1.54, 1.807) is 6.33 Å². The van der Waals surface area contributed by atoms with Gasteiger partial charge in [0.25, 0.3) is 0 Å². The second-order valence-corrected chi connectivity index (χ2v) is 5.15. The summed E-state index contributed by atoms with van der Waals surface area (Å²) >= 11 is 0. The predicted octanol–water partition coefficient (Wildman–Crippen LogP) is 2.86. The van der Waals surface area contributed by atoms with Crippen molar-refractivity contribution in [2.75, 3.05) is 12.1 Å². The molecule has 0 fully saturated rings. The number of hydrogen-bond acceptors (Lipinski definition) is 5. The average Bonchev–Trinajstić information content (AvgIpc) is 3.18. The Balaban J connectivity index is 1.60. The summed E-state index contributed by atoms with van der Waals surface area (Å²) in [4.78, 5) is 11.8. The summed E-state index contributed by atoms with van der Waals surface area (Å²) in [6.07, 6.45) is 4.50. The molecule has 0 saturated heterocycles. The molecule has 0 unspecified atom stereocenters. The molecule has 6 nitrogen and oxygen atoms in total. The fourth-order valence-electron chi connectivity index (χ4n) is 2.68. The molecule has 4 rings (SSSR count). The van der Waals surface area contributed by atoms with Crippen LogP contribution in [-0.2, 0) is 13.0 Å². The second kappa shape index (κ2) is 5.22. The smallest absolute Gasteiger partial charge is 0.231 e. The molecular formula is C16H16N4O2. The van der Waals surface area contributed by atoms with E-state index in [9.17, 15) is 0 Å². The molecule has 3 aromatic rings. The van der Waals surface area contributed by atoms with Gasteiger partial charge in [-0.2, -0.15) is 0 Å². The van der Waals surface area contributed by atoms with Crippen LogP contribution in [0.25, 0.3) is 11.0 Å². The largest absolute Gasteiger partial charge is 0.454 e. The van der Waals surface area contributed by atoms with E-state index >= 15 is 0 Å². The van der Waals surface area contributed by atoms with Crippen LogP contribution in [0.3, 0.4) is 0 Å². The van der Waals surface area contributed by atoms with Crippen molar-refractivity contribution in [3.63, 3.8) is 0 Å². The number of nitrogens with zero attached hydrogens (tertiary/aromatic N) is 2. The molecule has 0 amide bonds. The highest BCUT2D eigenvalue weighted by Crippen LogP contribution is 2.33. The van der Waals surface area contributed by atoms with Gasteiger partial charge in [0, 0.05) is 12.7 Å². The molecule has 0 aliphatic carbocycles. The van der Waals surface area contributed by atoms with Crippen molar-refractivity contribution in [1.82, 2.24) is 15.0 Å². The van der Waals surface area contributed by atoms with Gasteiger partial charge in [-0.15, -0.1) is 0 Å². The SMILES string of the molecule is CCc1c[nH]c2ncnc(NCc3ccc4c(c3)OCO4)c12. The van der Waals surface area contributed by atoms with Crippen LogP contribution in [0, 0.1) is 0 Å². The van der Waals surface area contributed by atoms with Crippen LogP contribution in [0.5, 0.6) is 11.5 Å². The van der Waals surface area contributed by atoms with Gasteiger partial charge in [0.1, 0.15) is 17.8 Å². The summed E-state index contributed by atoms with van der Waals surface area (Å²) in [6, 6.07) is 5.95. The number of fused-ring (bicyclic) bond motifs is 2. The van der Waals surface area contributed by atoms with Gasteiger partial charge < -0.3 is 19.8 Å². The molecule has 0 saturated carbocycles. The van der Waals surface area contributed by atoms with E-state index < -0.39 is 0 Å². The molecule has 0 spiro atoms. The molecule has 0 bridgehead atoms. The maximum absolute atomic E-state index is 5.40. The first kappa shape index (κ1) is 12.9. The van der Waals surface area contributed by atoms with Gasteiger partial charge in [-0.1, -0.05) is 13.0 Å². The highest BCUT2D eigenvalue weighted by Gasteiger charge is 2.14. The van der Waals surface area contributed by atoms with Gasteiger partial charge in [-0.05, 0) is 29.7 Å². The predicted molar refractivity (Wildman–Crippen MR) is 83.2 cm³/mol. The third-order valence-corrected chi connectivity index (χ3v) is 3.83. The molecule has 6 heteroatoms. The number of benzene rings is 1. The zero-order valence-corrected chi connectivity index (χ0v) is 12.2. The summed E-state index contributed by atoms with van der Waals surface area (Å²) in [7, 11) is 0. The average molecular weight is 296 g/mol. The molecule has 2 aromatic heterocycles. The summed E-state index contributed by atoms with van der Waals surface area (Å²) in [5.74, 6) is 2.44. The molecule has 0 atom stereocenters. The first-order chi connectivity index (χ1) is 10.8.